The van der Waals surface area contributed by atoms with Crippen molar-refractivity contribution in [3.05, 3.63) is 70.0 Å². The van der Waals surface area contributed by atoms with Gasteiger partial charge in [-0.2, -0.15) is 8.78 Å². The number of ether oxygens (including phenoxy) is 1. The van der Waals surface area contributed by atoms with E-state index in [-0.39, 0.29) is 23.5 Å². The molecule has 0 bridgehead atoms. The van der Waals surface area contributed by atoms with Crippen LogP contribution in [-0.4, -0.2) is 6.11 Å². The summed E-state index contributed by atoms with van der Waals surface area (Å²) in [5.74, 6) is -2.70. The molecule has 0 aliphatic heterocycles. The number of unbranched alkanes of at least 4 members (excludes halogenated alkanes) is 2. The third-order valence-corrected chi connectivity index (χ3v) is 7.28. The smallest absolute Gasteiger partial charge is 0.313 e. The summed E-state index contributed by atoms with van der Waals surface area (Å²) < 4.78 is 90.9. The third kappa shape index (κ3) is 7.05. The zero-order valence-electron chi connectivity index (χ0n) is 21.1. The summed E-state index contributed by atoms with van der Waals surface area (Å²) in [6.07, 6.45) is 1.84. The highest BCUT2D eigenvalue weighted by Crippen LogP contribution is 2.40. The largest absolute Gasteiger partial charge is 0.391 e. The molecular weight excluding hydrogens is 478 g/mol. The van der Waals surface area contributed by atoms with Gasteiger partial charge in [0.1, 0.15) is 5.82 Å². The van der Waals surface area contributed by atoms with Crippen LogP contribution in [0.4, 0.5) is 26.3 Å². The molecule has 0 amide bonds. The van der Waals surface area contributed by atoms with Crippen molar-refractivity contribution in [3.63, 3.8) is 0 Å². The molecule has 200 valence electrons. The standard InChI is InChI=1S/C29H36F6O/c1-3-5-6-8-19-9-12-21(13-10-19)23-15-11-20(17-25(23)30)18-36-29(34,35)28(33)24-16-14-22(7-4-2)26(31)27(24)32/h11,14-17,19,21,28H,3-10,12-13,18H2,1-2H3. The minimum absolute atomic E-state index is 0.00395. The van der Waals surface area contributed by atoms with Crippen LogP contribution in [0.5, 0.6) is 0 Å². The summed E-state index contributed by atoms with van der Waals surface area (Å²) in [6, 6.07) is 6.13. The second-order valence-corrected chi connectivity index (χ2v) is 9.97. The maximum atomic E-state index is 14.8. The molecule has 1 fully saturated rings. The van der Waals surface area contributed by atoms with E-state index in [2.05, 4.69) is 11.7 Å². The first-order chi connectivity index (χ1) is 17.2. The van der Waals surface area contributed by atoms with Crippen LogP contribution < -0.4 is 0 Å². The van der Waals surface area contributed by atoms with E-state index < -0.39 is 41.9 Å². The van der Waals surface area contributed by atoms with Gasteiger partial charge in [-0.25, -0.2) is 17.6 Å². The van der Waals surface area contributed by atoms with E-state index >= 15 is 0 Å². The quantitative estimate of drug-likeness (QED) is 0.202. The molecule has 0 aromatic heterocycles. The van der Waals surface area contributed by atoms with E-state index in [1.807, 2.05) is 0 Å². The minimum Gasteiger partial charge on any atom is -0.313 e. The summed E-state index contributed by atoms with van der Waals surface area (Å²) in [5.41, 5.74) is -0.438. The van der Waals surface area contributed by atoms with E-state index in [9.17, 15) is 26.3 Å². The molecule has 3 rings (SSSR count). The van der Waals surface area contributed by atoms with Gasteiger partial charge in [-0.3, -0.25) is 0 Å². The van der Waals surface area contributed by atoms with Crippen LogP contribution in [0, 0.1) is 23.4 Å². The first-order valence-corrected chi connectivity index (χ1v) is 13.1. The fourth-order valence-electron chi connectivity index (χ4n) is 5.13. The molecule has 1 nitrogen and oxygen atoms in total. The van der Waals surface area contributed by atoms with Gasteiger partial charge in [0.05, 0.1) is 6.61 Å². The second-order valence-electron chi connectivity index (χ2n) is 9.97. The van der Waals surface area contributed by atoms with Crippen molar-refractivity contribution < 1.29 is 31.1 Å². The summed E-state index contributed by atoms with van der Waals surface area (Å²) in [4.78, 5) is 0. The lowest BCUT2D eigenvalue weighted by atomic mass is 9.77. The first-order valence-electron chi connectivity index (χ1n) is 13.1. The lowest BCUT2D eigenvalue weighted by Crippen LogP contribution is -2.28. The summed E-state index contributed by atoms with van der Waals surface area (Å²) in [7, 11) is 0. The van der Waals surface area contributed by atoms with E-state index in [1.54, 1.807) is 13.0 Å². The monoisotopic (exact) mass is 514 g/mol. The van der Waals surface area contributed by atoms with Crippen LogP contribution in [-0.2, 0) is 17.8 Å². The van der Waals surface area contributed by atoms with Crippen molar-refractivity contribution in [2.24, 2.45) is 5.92 Å². The topological polar surface area (TPSA) is 9.23 Å². The fourth-order valence-corrected chi connectivity index (χ4v) is 5.13. The van der Waals surface area contributed by atoms with Gasteiger partial charge in [-0.1, -0.05) is 70.2 Å². The number of alkyl halides is 3. The molecule has 0 N–H and O–H groups in total. The highest BCUT2D eigenvalue weighted by molar-refractivity contribution is 5.29. The molecule has 1 aliphatic rings. The van der Waals surface area contributed by atoms with E-state index in [4.69, 9.17) is 0 Å². The number of hydrogen-bond acceptors (Lipinski definition) is 1. The van der Waals surface area contributed by atoms with Crippen molar-refractivity contribution in [1.29, 1.82) is 0 Å². The lowest BCUT2D eigenvalue weighted by molar-refractivity contribution is -0.282. The highest BCUT2D eigenvalue weighted by atomic mass is 19.3. The molecule has 7 heteroatoms. The zero-order chi connectivity index (χ0) is 26.3. The lowest BCUT2D eigenvalue weighted by Gasteiger charge is -2.29. The second kappa shape index (κ2) is 13.0. The molecule has 1 atom stereocenters. The fraction of sp³-hybridized carbons (Fsp3) is 0.586. The maximum absolute atomic E-state index is 14.8. The Morgan fingerprint density at radius 1 is 0.917 bits per heavy atom. The molecule has 1 saturated carbocycles. The molecule has 0 radical (unpaired) electrons. The number of rotatable bonds is 12. The molecule has 1 aliphatic carbocycles. The van der Waals surface area contributed by atoms with Gasteiger partial charge in [0.2, 0.25) is 6.17 Å². The Morgan fingerprint density at radius 2 is 1.64 bits per heavy atom. The van der Waals surface area contributed by atoms with Crippen molar-refractivity contribution in [1.82, 2.24) is 0 Å². The Balaban J connectivity index is 1.59. The maximum Gasteiger partial charge on any atom is 0.391 e. The Hall–Kier alpha value is -2.02. The summed E-state index contributed by atoms with van der Waals surface area (Å²) >= 11 is 0. The van der Waals surface area contributed by atoms with Gasteiger partial charge in [-0.05, 0) is 66.7 Å². The average Bonchev–Trinajstić information content (AvgIpc) is 2.86. The average molecular weight is 515 g/mol. The van der Waals surface area contributed by atoms with Crippen molar-refractivity contribution in [3.8, 4) is 0 Å². The van der Waals surface area contributed by atoms with Crippen molar-refractivity contribution in [2.75, 3.05) is 0 Å². The number of aryl methyl sites for hydroxylation is 1. The predicted octanol–water partition coefficient (Wildman–Crippen LogP) is 9.73. The van der Waals surface area contributed by atoms with Gasteiger partial charge in [-0.15, -0.1) is 0 Å². The number of halogens is 6. The zero-order valence-corrected chi connectivity index (χ0v) is 21.1. The Labute approximate surface area is 210 Å². The molecule has 0 saturated heterocycles. The first kappa shape index (κ1) is 28.5. The van der Waals surface area contributed by atoms with Crippen LogP contribution in [0.2, 0.25) is 0 Å². The van der Waals surface area contributed by atoms with Crippen LogP contribution >= 0.6 is 0 Å². The third-order valence-electron chi connectivity index (χ3n) is 7.28. The Morgan fingerprint density at radius 3 is 2.28 bits per heavy atom. The summed E-state index contributed by atoms with van der Waals surface area (Å²) in [5, 5.41) is 0. The SMILES string of the molecule is CCCCCC1CCC(c2ccc(COC(F)(F)C(F)c3ccc(CCC)c(F)c3F)cc2F)CC1. The number of benzene rings is 2. The molecule has 0 heterocycles. The molecule has 36 heavy (non-hydrogen) atoms. The Bertz CT molecular complexity index is 984. The van der Waals surface area contributed by atoms with Gasteiger partial charge < -0.3 is 4.74 Å². The van der Waals surface area contributed by atoms with E-state index in [1.165, 1.54) is 31.7 Å². The van der Waals surface area contributed by atoms with E-state index in [0.29, 0.717) is 17.9 Å². The van der Waals surface area contributed by atoms with Gasteiger partial charge in [0.15, 0.2) is 11.6 Å². The number of hydrogen-bond donors (Lipinski definition) is 0. The minimum atomic E-state index is -4.43. The van der Waals surface area contributed by atoms with Gasteiger partial charge in [0.25, 0.3) is 0 Å². The van der Waals surface area contributed by atoms with Crippen LogP contribution in [0.3, 0.4) is 0 Å². The van der Waals surface area contributed by atoms with Crippen LogP contribution in [0.1, 0.15) is 106 Å². The Kier molecular flexibility index (Phi) is 10.3. The van der Waals surface area contributed by atoms with Gasteiger partial charge in [0, 0.05) is 5.56 Å². The van der Waals surface area contributed by atoms with E-state index in [0.717, 1.165) is 43.9 Å². The van der Waals surface area contributed by atoms with Crippen molar-refractivity contribution >= 4 is 0 Å². The summed E-state index contributed by atoms with van der Waals surface area (Å²) in [6.45, 7) is 3.16. The van der Waals surface area contributed by atoms with Crippen LogP contribution in [0.25, 0.3) is 0 Å². The van der Waals surface area contributed by atoms with Gasteiger partial charge >= 0.3 is 6.11 Å². The van der Waals surface area contributed by atoms with Crippen LogP contribution in [0.15, 0.2) is 30.3 Å². The van der Waals surface area contributed by atoms with Crippen molar-refractivity contribution in [2.45, 2.75) is 103 Å². The highest BCUT2D eigenvalue weighted by Gasteiger charge is 2.44. The normalized spacial score (nSPS) is 19.4. The predicted molar refractivity (Wildman–Crippen MR) is 129 cm³/mol. The molecule has 0 spiro atoms. The molecular formula is C29H36F6O. The molecule has 2 aromatic carbocycles. The molecule has 2 aromatic rings. The molecule has 1 unspecified atom stereocenters.